The molecule has 0 aliphatic carbocycles. The van der Waals surface area contributed by atoms with E-state index in [1.807, 2.05) is 29.0 Å². The van der Waals surface area contributed by atoms with Crippen LogP contribution in [0.2, 0.25) is 0 Å². The molecule has 1 aliphatic rings. The van der Waals surface area contributed by atoms with Gasteiger partial charge >= 0.3 is 0 Å². The van der Waals surface area contributed by atoms with Gasteiger partial charge in [-0.25, -0.2) is 9.97 Å². The third-order valence-corrected chi connectivity index (χ3v) is 5.83. The monoisotopic (exact) mass is 400 g/mol. The Hall–Kier alpha value is -2.29. The van der Waals surface area contributed by atoms with Crippen LogP contribution in [-0.4, -0.2) is 41.2 Å². The summed E-state index contributed by atoms with van der Waals surface area (Å²) < 4.78 is 5.76. The number of rotatable bonds is 4. The minimum absolute atomic E-state index is 0.178. The van der Waals surface area contributed by atoms with Gasteiger partial charge in [-0.3, -0.25) is 4.79 Å². The van der Waals surface area contributed by atoms with E-state index in [1.165, 1.54) is 11.3 Å². The first-order valence-electron chi connectivity index (χ1n) is 8.74. The molecule has 0 bridgehead atoms. The molecule has 140 valence electrons. The van der Waals surface area contributed by atoms with Crippen molar-refractivity contribution in [3.63, 3.8) is 0 Å². The van der Waals surface area contributed by atoms with Crippen LogP contribution in [0.4, 0.5) is 11.5 Å². The van der Waals surface area contributed by atoms with E-state index in [0.717, 1.165) is 29.5 Å². The van der Waals surface area contributed by atoms with Gasteiger partial charge in [0.2, 0.25) is 0 Å². The number of carbonyl (C=O) groups is 1. The van der Waals surface area contributed by atoms with Crippen molar-refractivity contribution in [2.45, 2.75) is 26.1 Å². The third kappa shape index (κ3) is 4.18. The number of hydrogen-bond donors (Lipinski definition) is 1. The van der Waals surface area contributed by atoms with Gasteiger partial charge in [-0.15, -0.1) is 11.3 Å². The van der Waals surface area contributed by atoms with Crippen LogP contribution in [0.15, 0.2) is 40.5 Å². The van der Waals surface area contributed by atoms with Gasteiger partial charge in [-0.2, -0.15) is 11.3 Å². The van der Waals surface area contributed by atoms with Gasteiger partial charge in [-0.05, 0) is 37.4 Å². The summed E-state index contributed by atoms with van der Waals surface area (Å²) in [6.07, 6.45) is 2.04. The highest BCUT2D eigenvalue weighted by atomic mass is 32.1. The van der Waals surface area contributed by atoms with Gasteiger partial charge in [0.15, 0.2) is 0 Å². The molecule has 1 saturated heterocycles. The number of carbonyl (C=O) groups excluding carboxylic acids is 1. The maximum absolute atomic E-state index is 12.5. The Labute approximate surface area is 165 Å². The molecule has 0 aromatic carbocycles. The average Bonchev–Trinajstić information content (AvgIpc) is 3.33. The summed E-state index contributed by atoms with van der Waals surface area (Å²) in [4.78, 5) is 23.6. The second kappa shape index (κ2) is 7.75. The summed E-state index contributed by atoms with van der Waals surface area (Å²) >= 11 is 3.08. The number of anilines is 2. The Morgan fingerprint density at radius 2 is 2.04 bits per heavy atom. The predicted molar refractivity (Wildman–Crippen MR) is 110 cm³/mol. The molecule has 0 spiro atoms. The molecular formula is C19H20N4O2S2. The number of nitrogens with one attached hydrogen (secondary N) is 1. The molecule has 2 atom stereocenters. The lowest BCUT2D eigenvalue weighted by atomic mass is 10.2. The van der Waals surface area contributed by atoms with Gasteiger partial charge in [0, 0.05) is 29.4 Å². The summed E-state index contributed by atoms with van der Waals surface area (Å²) in [7, 11) is 0. The van der Waals surface area contributed by atoms with Crippen molar-refractivity contribution >= 4 is 40.1 Å². The molecule has 8 heteroatoms. The topological polar surface area (TPSA) is 67.4 Å². The van der Waals surface area contributed by atoms with Crippen molar-refractivity contribution in [1.29, 1.82) is 0 Å². The van der Waals surface area contributed by atoms with E-state index in [0.29, 0.717) is 11.4 Å². The van der Waals surface area contributed by atoms with Crippen LogP contribution in [0, 0.1) is 0 Å². The summed E-state index contributed by atoms with van der Waals surface area (Å²) in [5.41, 5.74) is 2.12. The number of aromatic nitrogens is 2. The Morgan fingerprint density at radius 3 is 2.70 bits per heavy atom. The van der Waals surface area contributed by atoms with E-state index < -0.39 is 0 Å². The minimum Gasteiger partial charge on any atom is -0.372 e. The molecule has 0 radical (unpaired) electrons. The summed E-state index contributed by atoms with van der Waals surface area (Å²) in [5, 5.41) is 9.52. The smallest absolute Gasteiger partial charge is 0.275 e. The molecule has 1 N–H and O–H groups in total. The molecule has 1 aliphatic heterocycles. The molecule has 27 heavy (non-hydrogen) atoms. The number of amides is 1. The standard InChI is InChI=1S/C19H20N4O2S2/c1-12-8-23(9-13(2)25-12)17-4-3-15(7-20-17)21-18(24)16-11-27-19(22-16)14-5-6-26-10-14/h3-7,10-13H,8-9H2,1-2H3,(H,21,24)/t12-,13-/m0/s1. The van der Waals surface area contributed by atoms with Gasteiger partial charge in [0.05, 0.1) is 24.1 Å². The van der Waals surface area contributed by atoms with Crippen LogP contribution in [-0.2, 0) is 4.74 Å². The lowest BCUT2D eigenvalue weighted by molar-refractivity contribution is -0.00545. The second-order valence-electron chi connectivity index (χ2n) is 6.57. The number of nitrogens with zero attached hydrogens (tertiary/aromatic N) is 3. The summed E-state index contributed by atoms with van der Waals surface area (Å²) in [6.45, 7) is 5.76. The van der Waals surface area contributed by atoms with Gasteiger partial charge in [0.25, 0.3) is 5.91 Å². The Kier molecular flexibility index (Phi) is 5.20. The van der Waals surface area contributed by atoms with Crippen LogP contribution in [0.25, 0.3) is 10.6 Å². The van der Waals surface area contributed by atoms with Gasteiger partial charge in [-0.1, -0.05) is 0 Å². The lowest BCUT2D eigenvalue weighted by Crippen LogP contribution is -2.45. The van der Waals surface area contributed by atoms with Crippen molar-refractivity contribution in [3.05, 3.63) is 46.2 Å². The van der Waals surface area contributed by atoms with Crippen molar-refractivity contribution in [2.75, 3.05) is 23.3 Å². The number of hydrogen-bond acceptors (Lipinski definition) is 7. The number of thiophene rings is 1. The van der Waals surface area contributed by atoms with E-state index in [2.05, 4.69) is 34.0 Å². The highest BCUT2D eigenvalue weighted by molar-refractivity contribution is 7.14. The largest absolute Gasteiger partial charge is 0.372 e. The van der Waals surface area contributed by atoms with E-state index in [4.69, 9.17) is 4.74 Å². The summed E-state index contributed by atoms with van der Waals surface area (Å²) in [5.74, 6) is 0.666. The van der Waals surface area contributed by atoms with Crippen molar-refractivity contribution in [2.24, 2.45) is 0 Å². The fraction of sp³-hybridized carbons (Fsp3) is 0.316. The molecule has 3 aromatic rings. The first-order valence-corrected chi connectivity index (χ1v) is 10.6. The Balaban J connectivity index is 1.42. The normalized spacial score (nSPS) is 19.9. The zero-order chi connectivity index (χ0) is 18.8. The predicted octanol–water partition coefficient (Wildman–Crippen LogP) is 4.13. The number of pyridine rings is 1. The SMILES string of the molecule is C[C@H]1CN(c2ccc(NC(=O)c3csc(-c4ccsc4)n3)cn2)C[C@H](C)O1. The molecule has 0 saturated carbocycles. The second-order valence-corrected chi connectivity index (χ2v) is 8.21. The molecule has 0 unspecified atom stereocenters. The van der Waals surface area contributed by atoms with Crippen LogP contribution < -0.4 is 10.2 Å². The number of morpholine rings is 1. The summed E-state index contributed by atoms with van der Waals surface area (Å²) in [6, 6.07) is 5.80. The first-order chi connectivity index (χ1) is 13.1. The van der Waals surface area contributed by atoms with Crippen LogP contribution in [0.1, 0.15) is 24.3 Å². The zero-order valence-corrected chi connectivity index (χ0v) is 16.7. The van der Waals surface area contributed by atoms with Gasteiger partial charge in [0.1, 0.15) is 16.5 Å². The van der Waals surface area contributed by atoms with E-state index in [9.17, 15) is 4.79 Å². The molecular weight excluding hydrogens is 380 g/mol. The fourth-order valence-corrected chi connectivity index (χ4v) is 4.62. The minimum atomic E-state index is -0.226. The van der Waals surface area contributed by atoms with E-state index >= 15 is 0 Å². The van der Waals surface area contributed by atoms with Crippen LogP contribution >= 0.6 is 22.7 Å². The quantitative estimate of drug-likeness (QED) is 0.713. The average molecular weight is 401 g/mol. The van der Waals surface area contributed by atoms with Gasteiger partial charge < -0.3 is 15.0 Å². The molecule has 1 fully saturated rings. The maximum atomic E-state index is 12.5. The highest BCUT2D eigenvalue weighted by Crippen LogP contribution is 2.26. The van der Waals surface area contributed by atoms with E-state index in [1.54, 1.807) is 22.9 Å². The molecule has 1 amide bonds. The molecule has 4 heterocycles. The molecule has 6 nitrogen and oxygen atoms in total. The van der Waals surface area contributed by atoms with Crippen LogP contribution in [0.5, 0.6) is 0 Å². The lowest BCUT2D eigenvalue weighted by Gasteiger charge is -2.36. The Bertz CT molecular complexity index is 898. The van der Waals surface area contributed by atoms with Crippen molar-refractivity contribution in [1.82, 2.24) is 9.97 Å². The van der Waals surface area contributed by atoms with Crippen molar-refractivity contribution < 1.29 is 9.53 Å². The molecule has 3 aromatic heterocycles. The van der Waals surface area contributed by atoms with E-state index in [-0.39, 0.29) is 18.1 Å². The fourth-order valence-electron chi connectivity index (χ4n) is 3.10. The highest BCUT2D eigenvalue weighted by Gasteiger charge is 2.23. The van der Waals surface area contributed by atoms with Crippen molar-refractivity contribution in [3.8, 4) is 10.6 Å². The Morgan fingerprint density at radius 1 is 1.22 bits per heavy atom. The zero-order valence-electron chi connectivity index (χ0n) is 15.1. The maximum Gasteiger partial charge on any atom is 0.275 e. The first kappa shape index (κ1) is 18.1. The molecule has 4 rings (SSSR count). The number of thiazole rings is 1. The third-order valence-electron chi connectivity index (χ3n) is 4.25. The number of ether oxygens (including phenoxy) is 1. The van der Waals surface area contributed by atoms with Crippen LogP contribution in [0.3, 0.4) is 0 Å².